The fraction of sp³-hybridized carbons (Fsp3) is 0.375. The van der Waals surface area contributed by atoms with E-state index in [-0.39, 0.29) is 0 Å². The second-order valence-corrected chi connectivity index (χ2v) is 4.78. The zero-order valence-electron chi connectivity index (χ0n) is 13.2. The van der Waals surface area contributed by atoms with E-state index in [4.69, 9.17) is 9.47 Å². The maximum absolute atomic E-state index is 5.33. The highest BCUT2D eigenvalue weighted by molar-refractivity contribution is 5.65. The first-order valence-electron chi connectivity index (χ1n) is 7.21. The zero-order valence-corrected chi connectivity index (χ0v) is 13.2. The summed E-state index contributed by atoms with van der Waals surface area (Å²) >= 11 is 0. The van der Waals surface area contributed by atoms with Gasteiger partial charge in [0, 0.05) is 26.3 Å². The van der Waals surface area contributed by atoms with Crippen LogP contribution in [0.4, 0.5) is 17.3 Å². The smallest absolute Gasteiger partial charge is 0.142 e. The summed E-state index contributed by atoms with van der Waals surface area (Å²) in [5.41, 5.74) is 0.869. The van der Waals surface area contributed by atoms with Gasteiger partial charge in [0.25, 0.3) is 0 Å². The van der Waals surface area contributed by atoms with Gasteiger partial charge < -0.3 is 20.1 Å². The molecule has 2 rings (SSSR count). The summed E-state index contributed by atoms with van der Waals surface area (Å²) in [4.78, 5) is 8.79. The Balaban J connectivity index is 2.09. The molecule has 0 aliphatic heterocycles. The lowest BCUT2D eigenvalue weighted by atomic mass is 10.3. The first kappa shape index (κ1) is 16.0. The molecule has 1 aromatic carbocycles. The Labute approximate surface area is 130 Å². The second kappa shape index (κ2) is 8.19. The van der Waals surface area contributed by atoms with Crippen molar-refractivity contribution in [3.05, 3.63) is 36.2 Å². The Hall–Kier alpha value is -2.34. The number of para-hydroxylation sites is 2. The van der Waals surface area contributed by atoms with Crippen LogP contribution in [0.2, 0.25) is 0 Å². The number of hydrogen-bond donors (Lipinski definition) is 2. The lowest BCUT2D eigenvalue weighted by Crippen LogP contribution is -2.08. The summed E-state index contributed by atoms with van der Waals surface area (Å²) in [7, 11) is 3.35. The van der Waals surface area contributed by atoms with Crippen molar-refractivity contribution in [2.75, 3.05) is 38.0 Å². The average Bonchev–Trinajstić information content (AvgIpc) is 2.52. The SMILES string of the molecule is COCCCNc1cc(Nc2ccccc2OC)nc(C)n1. The van der Waals surface area contributed by atoms with Crippen LogP contribution >= 0.6 is 0 Å². The molecule has 0 fully saturated rings. The highest BCUT2D eigenvalue weighted by Crippen LogP contribution is 2.26. The average molecular weight is 302 g/mol. The van der Waals surface area contributed by atoms with Crippen molar-refractivity contribution in [2.45, 2.75) is 13.3 Å². The van der Waals surface area contributed by atoms with Gasteiger partial charge in [-0.1, -0.05) is 12.1 Å². The standard InChI is InChI=1S/C16H22N4O2/c1-12-18-15(17-9-6-10-21-2)11-16(19-12)20-13-7-4-5-8-14(13)22-3/h4-5,7-8,11H,6,9-10H2,1-3H3,(H2,17,18,19,20). The molecule has 0 aliphatic carbocycles. The monoisotopic (exact) mass is 302 g/mol. The summed E-state index contributed by atoms with van der Waals surface area (Å²) in [6, 6.07) is 9.61. The van der Waals surface area contributed by atoms with Crippen LogP contribution < -0.4 is 15.4 Å². The Morgan fingerprint density at radius 3 is 2.64 bits per heavy atom. The van der Waals surface area contributed by atoms with Gasteiger partial charge in [-0.25, -0.2) is 9.97 Å². The molecule has 2 N–H and O–H groups in total. The number of rotatable bonds is 8. The summed E-state index contributed by atoms with van der Waals surface area (Å²) in [6.07, 6.45) is 0.925. The molecule has 6 nitrogen and oxygen atoms in total. The van der Waals surface area contributed by atoms with Crippen molar-refractivity contribution in [1.82, 2.24) is 9.97 Å². The summed E-state index contributed by atoms with van der Waals surface area (Å²) in [5.74, 6) is 3.00. The molecule has 6 heteroatoms. The number of aryl methyl sites for hydroxylation is 1. The van der Waals surface area contributed by atoms with Crippen LogP contribution in [0.1, 0.15) is 12.2 Å². The minimum absolute atomic E-state index is 0.703. The number of anilines is 3. The Morgan fingerprint density at radius 1 is 1.09 bits per heavy atom. The maximum atomic E-state index is 5.33. The third kappa shape index (κ3) is 4.60. The molecule has 0 spiro atoms. The molecule has 0 bridgehead atoms. The number of benzene rings is 1. The van der Waals surface area contributed by atoms with Crippen molar-refractivity contribution in [3.8, 4) is 5.75 Å². The molecule has 1 aromatic heterocycles. The van der Waals surface area contributed by atoms with Gasteiger partial charge in [-0.15, -0.1) is 0 Å². The van der Waals surface area contributed by atoms with E-state index < -0.39 is 0 Å². The summed E-state index contributed by atoms with van der Waals surface area (Å²) < 4.78 is 10.4. The minimum atomic E-state index is 0.703. The second-order valence-electron chi connectivity index (χ2n) is 4.78. The Bertz CT molecular complexity index is 604. The van der Waals surface area contributed by atoms with Gasteiger partial charge in [0.1, 0.15) is 23.2 Å². The number of ether oxygens (including phenoxy) is 2. The molecule has 0 atom stereocenters. The molecule has 0 amide bonds. The van der Waals surface area contributed by atoms with Crippen LogP contribution in [-0.2, 0) is 4.74 Å². The van der Waals surface area contributed by atoms with Crippen molar-refractivity contribution in [1.29, 1.82) is 0 Å². The molecule has 118 valence electrons. The molecule has 0 unspecified atom stereocenters. The van der Waals surface area contributed by atoms with Crippen LogP contribution in [0, 0.1) is 6.92 Å². The van der Waals surface area contributed by atoms with Gasteiger partial charge >= 0.3 is 0 Å². The number of aromatic nitrogens is 2. The highest BCUT2D eigenvalue weighted by Gasteiger charge is 2.05. The predicted octanol–water partition coefficient (Wildman–Crippen LogP) is 2.99. The maximum Gasteiger partial charge on any atom is 0.142 e. The normalized spacial score (nSPS) is 10.3. The quantitative estimate of drug-likeness (QED) is 0.731. The third-order valence-corrected chi connectivity index (χ3v) is 3.04. The lowest BCUT2D eigenvalue weighted by Gasteiger charge is -2.12. The van der Waals surface area contributed by atoms with E-state index >= 15 is 0 Å². The first-order valence-corrected chi connectivity index (χ1v) is 7.21. The fourth-order valence-electron chi connectivity index (χ4n) is 2.04. The van der Waals surface area contributed by atoms with Gasteiger partial charge in [0.15, 0.2) is 0 Å². The van der Waals surface area contributed by atoms with E-state index in [2.05, 4.69) is 20.6 Å². The van der Waals surface area contributed by atoms with Crippen molar-refractivity contribution in [2.24, 2.45) is 0 Å². The van der Waals surface area contributed by atoms with Crippen molar-refractivity contribution < 1.29 is 9.47 Å². The lowest BCUT2D eigenvalue weighted by molar-refractivity contribution is 0.198. The van der Waals surface area contributed by atoms with Gasteiger partial charge in [-0.05, 0) is 25.5 Å². The molecular formula is C16H22N4O2. The van der Waals surface area contributed by atoms with E-state index in [0.717, 1.165) is 42.6 Å². The van der Waals surface area contributed by atoms with Crippen molar-refractivity contribution in [3.63, 3.8) is 0 Å². The molecule has 0 saturated carbocycles. The molecule has 0 radical (unpaired) electrons. The Kier molecular flexibility index (Phi) is 5.97. The highest BCUT2D eigenvalue weighted by atomic mass is 16.5. The topological polar surface area (TPSA) is 68.3 Å². The summed E-state index contributed by atoms with van der Waals surface area (Å²) in [6.45, 7) is 3.40. The van der Waals surface area contributed by atoms with E-state index in [0.29, 0.717) is 5.82 Å². The van der Waals surface area contributed by atoms with Crippen LogP contribution in [0.25, 0.3) is 0 Å². The van der Waals surface area contributed by atoms with E-state index in [1.165, 1.54) is 0 Å². The van der Waals surface area contributed by atoms with E-state index in [1.807, 2.05) is 37.3 Å². The van der Waals surface area contributed by atoms with Gasteiger partial charge in [0.2, 0.25) is 0 Å². The molecule has 22 heavy (non-hydrogen) atoms. The fourth-order valence-corrected chi connectivity index (χ4v) is 2.04. The van der Waals surface area contributed by atoms with E-state index in [9.17, 15) is 0 Å². The zero-order chi connectivity index (χ0) is 15.8. The van der Waals surface area contributed by atoms with Gasteiger partial charge in [-0.2, -0.15) is 0 Å². The van der Waals surface area contributed by atoms with Crippen molar-refractivity contribution >= 4 is 17.3 Å². The molecule has 0 saturated heterocycles. The van der Waals surface area contributed by atoms with E-state index in [1.54, 1.807) is 14.2 Å². The number of nitrogens with zero attached hydrogens (tertiary/aromatic N) is 2. The van der Waals surface area contributed by atoms with Crippen LogP contribution in [-0.4, -0.2) is 37.3 Å². The number of nitrogens with one attached hydrogen (secondary N) is 2. The molecular weight excluding hydrogens is 280 g/mol. The molecule has 2 aromatic rings. The number of hydrogen-bond acceptors (Lipinski definition) is 6. The molecule has 1 heterocycles. The van der Waals surface area contributed by atoms with Gasteiger partial charge in [0.05, 0.1) is 12.8 Å². The summed E-state index contributed by atoms with van der Waals surface area (Å²) in [5, 5.41) is 6.54. The van der Waals surface area contributed by atoms with Crippen LogP contribution in [0.3, 0.4) is 0 Å². The number of methoxy groups -OCH3 is 2. The van der Waals surface area contributed by atoms with Gasteiger partial charge in [-0.3, -0.25) is 0 Å². The largest absolute Gasteiger partial charge is 0.495 e. The first-order chi connectivity index (χ1) is 10.7. The van der Waals surface area contributed by atoms with Crippen LogP contribution in [0.5, 0.6) is 5.75 Å². The molecule has 0 aliphatic rings. The predicted molar refractivity (Wildman–Crippen MR) is 88.0 cm³/mol. The Morgan fingerprint density at radius 2 is 1.86 bits per heavy atom. The van der Waals surface area contributed by atoms with Crippen LogP contribution in [0.15, 0.2) is 30.3 Å². The minimum Gasteiger partial charge on any atom is -0.495 e. The third-order valence-electron chi connectivity index (χ3n) is 3.04.